The van der Waals surface area contributed by atoms with E-state index >= 15 is 0 Å². The number of halogens is 1. The van der Waals surface area contributed by atoms with Crippen LogP contribution in [0, 0.1) is 12.7 Å². The van der Waals surface area contributed by atoms with E-state index < -0.39 is 5.82 Å². The summed E-state index contributed by atoms with van der Waals surface area (Å²) in [5, 5.41) is 0. The SMILES string of the molecule is Cc1cccc(CC(=O)c2cc(F)cc(Cc3cncnc3)c2)n1. The van der Waals surface area contributed by atoms with Crippen LogP contribution in [0.4, 0.5) is 4.39 Å². The first-order chi connectivity index (χ1) is 11.6. The number of carbonyl (C=O) groups is 1. The molecule has 24 heavy (non-hydrogen) atoms. The monoisotopic (exact) mass is 321 g/mol. The van der Waals surface area contributed by atoms with E-state index in [1.165, 1.54) is 18.5 Å². The van der Waals surface area contributed by atoms with E-state index in [1.54, 1.807) is 24.5 Å². The van der Waals surface area contributed by atoms with Gasteiger partial charge < -0.3 is 0 Å². The molecular weight excluding hydrogens is 305 g/mol. The predicted octanol–water partition coefficient (Wildman–Crippen LogP) is 3.34. The molecule has 1 aromatic carbocycles. The summed E-state index contributed by atoms with van der Waals surface area (Å²) in [5.74, 6) is -0.580. The molecule has 0 aliphatic heterocycles. The van der Waals surface area contributed by atoms with Crippen molar-refractivity contribution < 1.29 is 9.18 Å². The molecule has 0 saturated carbocycles. The van der Waals surface area contributed by atoms with E-state index in [4.69, 9.17) is 0 Å². The van der Waals surface area contributed by atoms with E-state index in [1.807, 2.05) is 19.1 Å². The van der Waals surface area contributed by atoms with Crippen LogP contribution in [0.3, 0.4) is 0 Å². The standard InChI is InChI=1S/C19H16FN3O/c1-13-3-2-4-18(23-13)9-19(24)16-6-14(7-17(20)8-16)5-15-10-21-12-22-11-15/h2-4,6-8,10-12H,5,9H2,1H3. The fraction of sp³-hybridized carbons (Fsp3) is 0.158. The fourth-order valence-corrected chi connectivity index (χ4v) is 2.53. The van der Waals surface area contributed by atoms with E-state index in [0.717, 1.165) is 11.3 Å². The summed E-state index contributed by atoms with van der Waals surface area (Å²) in [6, 6.07) is 9.94. The Hall–Kier alpha value is -2.95. The van der Waals surface area contributed by atoms with Crippen molar-refractivity contribution in [2.45, 2.75) is 19.8 Å². The second kappa shape index (κ2) is 7.08. The first kappa shape index (κ1) is 15.9. The number of benzene rings is 1. The molecule has 0 fully saturated rings. The topological polar surface area (TPSA) is 55.7 Å². The van der Waals surface area contributed by atoms with Gasteiger partial charge in [0, 0.05) is 35.8 Å². The Bertz CT molecular complexity index is 865. The van der Waals surface area contributed by atoms with Crippen LogP contribution >= 0.6 is 0 Å². The van der Waals surface area contributed by atoms with Crippen molar-refractivity contribution >= 4 is 5.78 Å². The number of Topliss-reactive ketones (excluding diaryl/α,β-unsaturated/α-hetero) is 1. The zero-order chi connectivity index (χ0) is 16.9. The summed E-state index contributed by atoms with van der Waals surface area (Å²) in [6.07, 6.45) is 5.42. The molecule has 0 atom stereocenters. The molecule has 2 heterocycles. The van der Waals surface area contributed by atoms with Crippen molar-refractivity contribution in [2.75, 3.05) is 0 Å². The lowest BCUT2D eigenvalue weighted by molar-refractivity contribution is 0.0991. The average molecular weight is 321 g/mol. The Balaban J connectivity index is 1.81. The first-order valence-electron chi connectivity index (χ1n) is 7.59. The van der Waals surface area contributed by atoms with Gasteiger partial charge in [-0.05, 0) is 48.4 Å². The molecule has 0 spiro atoms. The number of ketones is 1. The molecule has 3 rings (SSSR count). The minimum atomic E-state index is -0.426. The number of nitrogens with zero attached hydrogens (tertiary/aromatic N) is 3. The molecule has 3 aromatic rings. The number of pyridine rings is 1. The molecule has 4 nitrogen and oxygen atoms in total. The Kier molecular flexibility index (Phi) is 4.70. The van der Waals surface area contributed by atoms with Crippen LogP contribution in [0.25, 0.3) is 0 Å². The maximum atomic E-state index is 13.9. The van der Waals surface area contributed by atoms with Crippen molar-refractivity contribution in [3.05, 3.63) is 89.0 Å². The number of carbonyl (C=O) groups excluding carboxylic acids is 1. The lowest BCUT2D eigenvalue weighted by atomic mass is 10.00. The minimum absolute atomic E-state index is 0.152. The van der Waals surface area contributed by atoms with E-state index in [2.05, 4.69) is 15.0 Å². The Morgan fingerprint density at radius 2 is 1.88 bits per heavy atom. The fourth-order valence-electron chi connectivity index (χ4n) is 2.53. The number of aryl methyl sites for hydroxylation is 1. The molecule has 2 aromatic heterocycles. The molecule has 0 N–H and O–H groups in total. The summed E-state index contributed by atoms with van der Waals surface area (Å²) in [4.78, 5) is 24.7. The highest BCUT2D eigenvalue weighted by atomic mass is 19.1. The van der Waals surface area contributed by atoms with E-state index in [-0.39, 0.29) is 12.2 Å². The molecule has 0 unspecified atom stereocenters. The van der Waals surface area contributed by atoms with Crippen LogP contribution in [-0.4, -0.2) is 20.7 Å². The molecular formula is C19H16FN3O. The number of hydrogen-bond donors (Lipinski definition) is 0. The normalized spacial score (nSPS) is 10.6. The zero-order valence-corrected chi connectivity index (χ0v) is 13.2. The van der Waals surface area contributed by atoms with Gasteiger partial charge in [-0.2, -0.15) is 0 Å². The van der Waals surface area contributed by atoms with Gasteiger partial charge in [-0.15, -0.1) is 0 Å². The van der Waals surface area contributed by atoms with Crippen molar-refractivity contribution in [1.29, 1.82) is 0 Å². The molecule has 0 aliphatic rings. The third-order valence-electron chi connectivity index (χ3n) is 3.59. The van der Waals surface area contributed by atoms with Crippen molar-refractivity contribution in [1.82, 2.24) is 15.0 Å². The number of hydrogen-bond acceptors (Lipinski definition) is 4. The van der Waals surface area contributed by atoms with Crippen LogP contribution < -0.4 is 0 Å². The zero-order valence-electron chi connectivity index (χ0n) is 13.2. The number of rotatable bonds is 5. The molecule has 0 radical (unpaired) electrons. The van der Waals surface area contributed by atoms with Gasteiger partial charge >= 0.3 is 0 Å². The summed E-state index contributed by atoms with van der Waals surface area (Å²) in [6.45, 7) is 1.87. The Morgan fingerprint density at radius 1 is 1.08 bits per heavy atom. The lowest BCUT2D eigenvalue weighted by Gasteiger charge is -2.06. The third-order valence-corrected chi connectivity index (χ3v) is 3.59. The van der Waals surface area contributed by atoms with E-state index in [9.17, 15) is 9.18 Å². The maximum absolute atomic E-state index is 13.9. The molecule has 0 amide bonds. The summed E-state index contributed by atoms with van der Waals surface area (Å²) in [7, 11) is 0. The van der Waals surface area contributed by atoms with Crippen molar-refractivity contribution in [2.24, 2.45) is 0 Å². The third kappa shape index (κ3) is 4.07. The largest absolute Gasteiger partial charge is 0.294 e. The van der Waals surface area contributed by atoms with Crippen molar-refractivity contribution in [3.8, 4) is 0 Å². The van der Waals surface area contributed by atoms with Crippen LogP contribution in [0.15, 0.2) is 55.1 Å². The highest BCUT2D eigenvalue weighted by Crippen LogP contribution is 2.15. The quantitative estimate of drug-likeness (QED) is 0.676. The summed E-state index contributed by atoms with van der Waals surface area (Å²) in [5.41, 5.74) is 3.46. The molecule has 0 bridgehead atoms. The van der Waals surface area contributed by atoms with Gasteiger partial charge in [0.15, 0.2) is 5.78 Å². The van der Waals surface area contributed by atoms with E-state index in [0.29, 0.717) is 23.2 Å². The second-order valence-corrected chi connectivity index (χ2v) is 5.64. The average Bonchev–Trinajstić information content (AvgIpc) is 2.55. The second-order valence-electron chi connectivity index (χ2n) is 5.64. The van der Waals surface area contributed by atoms with Gasteiger partial charge in [-0.1, -0.05) is 6.07 Å². The first-order valence-corrected chi connectivity index (χ1v) is 7.59. The summed E-state index contributed by atoms with van der Waals surface area (Å²) < 4.78 is 13.9. The lowest BCUT2D eigenvalue weighted by Crippen LogP contribution is -2.07. The summed E-state index contributed by atoms with van der Waals surface area (Å²) >= 11 is 0. The van der Waals surface area contributed by atoms with Gasteiger partial charge in [0.1, 0.15) is 12.1 Å². The van der Waals surface area contributed by atoms with Gasteiger partial charge in [-0.3, -0.25) is 9.78 Å². The molecule has 0 aliphatic carbocycles. The number of aromatic nitrogens is 3. The molecule has 0 saturated heterocycles. The highest BCUT2D eigenvalue weighted by molar-refractivity contribution is 5.97. The smallest absolute Gasteiger partial charge is 0.168 e. The van der Waals surface area contributed by atoms with Crippen molar-refractivity contribution in [3.63, 3.8) is 0 Å². The van der Waals surface area contributed by atoms with Gasteiger partial charge in [0.2, 0.25) is 0 Å². The molecule has 120 valence electrons. The van der Waals surface area contributed by atoms with Crippen LogP contribution in [0.5, 0.6) is 0 Å². The molecule has 5 heteroatoms. The van der Waals surface area contributed by atoms with Gasteiger partial charge in [-0.25, -0.2) is 14.4 Å². The Labute approximate surface area is 139 Å². The van der Waals surface area contributed by atoms with Crippen LogP contribution in [-0.2, 0) is 12.8 Å². The van der Waals surface area contributed by atoms with Gasteiger partial charge in [0.05, 0.1) is 6.42 Å². The predicted molar refractivity (Wildman–Crippen MR) is 88.2 cm³/mol. The maximum Gasteiger partial charge on any atom is 0.168 e. The van der Waals surface area contributed by atoms with Crippen LogP contribution in [0.1, 0.15) is 32.9 Å². The minimum Gasteiger partial charge on any atom is -0.294 e. The Morgan fingerprint density at radius 3 is 2.62 bits per heavy atom. The van der Waals surface area contributed by atoms with Gasteiger partial charge in [0.25, 0.3) is 0 Å². The van der Waals surface area contributed by atoms with Crippen LogP contribution in [0.2, 0.25) is 0 Å². The highest BCUT2D eigenvalue weighted by Gasteiger charge is 2.11.